The highest BCUT2D eigenvalue weighted by Gasteiger charge is 2.23. The van der Waals surface area contributed by atoms with Crippen molar-refractivity contribution in [2.75, 3.05) is 33.4 Å². The fraction of sp³-hybridized carbons (Fsp3) is 0.556. The second-order valence-electron chi connectivity index (χ2n) is 5.83. The molecule has 0 bridgehead atoms. The van der Waals surface area contributed by atoms with E-state index in [9.17, 15) is 4.79 Å². The van der Waals surface area contributed by atoms with Crippen LogP contribution in [-0.2, 0) is 16.1 Å². The smallest absolute Gasteiger partial charge is 0.258 e. The average Bonchev–Trinajstić information content (AvgIpc) is 3.44. The largest absolute Gasteiger partial charge is 0.484 e. The summed E-state index contributed by atoms with van der Waals surface area (Å²) in [4.78, 5) is 15.8. The quantitative estimate of drug-likeness (QED) is 0.207. The van der Waals surface area contributed by atoms with Crippen molar-refractivity contribution in [1.29, 1.82) is 0 Å². The van der Waals surface area contributed by atoms with Gasteiger partial charge in [0, 0.05) is 32.8 Å². The van der Waals surface area contributed by atoms with E-state index < -0.39 is 0 Å². The van der Waals surface area contributed by atoms with E-state index >= 15 is 0 Å². The minimum Gasteiger partial charge on any atom is -0.484 e. The molecule has 7 nitrogen and oxygen atoms in total. The molecule has 0 spiro atoms. The summed E-state index contributed by atoms with van der Waals surface area (Å²) >= 11 is 0. The third-order valence-corrected chi connectivity index (χ3v) is 3.64. The Balaban J connectivity index is 0.00000338. The number of nitrogens with zero attached hydrogens (tertiary/aromatic N) is 1. The molecule has 3 N–H and O–H groups in total. The number of hydrogen-bond acceptors (Lipinski definition) is 4. The molecule has 1 fully saturated rings. The third kappa shape index (κ3) is 9.23. The van der Waals surface area contributed by atoms with Crippen LogP contribution in [0.2, 0.25) is 0 Å². The standard InChI is InChI=1S/C18H28N4O3.HI/c1-3-24-10-9-20-18(19-2)21-12-14-5-4-6-16(11-14)25-13-17(23)22-15-7-8-15;/h4-6,11,15H,3,7-10,12-13H2,1-2H3,(H,22,23)(H2,19,20,21);1H. The van der Waals surface area contributed by atoms with E-state index in [0.717, 1.165) is 24.4 Å². The molecular formula is C18H29IN4O3. The first-order chi connectivity index (χ1) is 12.2. The number of amides is 1. The Kier molecular flexibility index (Phi) is 11.0. The molecule has 0 unspecified atom stereocenters. The molecule has 1 aliphatic rings. The summed E-state index contributed by atoms with van der Waals surface area (Å²) in [5.41, 5.74) is 1.05. The van der Waals surface area contributed by atoms with Gasteiger partial charge in [0.1, 0.15) is 5.75 Å². The van der Waals surface area contributed by atoms with Gasteiger partial charge in [0.25, 0.3) is 5.91 Å². The van der Waals surface area contributed by atoms with Gasteiger partial charge in [0.2, 0.25) is 0 Å². The van der Waals surface area contributed by atoms with Crippen LogP contribution in [0.25, 0.3) is 0 Å². The number of guanidine groups is 1. The van der Waals surface area contributed by atoms with Gasteiger partial charge in [-0.25, -0.2) is 0 Å². The van der Waals surface area contributed by atoms with Crippen LogP contribution in [0.15, 0.2) is 29.3 Å². The SMILES string of the molecule is CCOCCNC(=NC)NCc1cccc(OCC(=O)NC2CC2)c1.I. The van der Waals surface area contributed by atoms with Crippen molar-refractivity contribution in [2.45, 2.75) is 32.4 Å². The summed E-state index contributed by atoms with van der Waals surface area (Å²) in [6.07, 6.45) is 2.15. The number of halogens is 1. The number of ether oxygens (including phenoxy) is 2. The molecule has 0 radical (unpaired) electrons. The van der Waals surface area contributed by atoms with Gasteiger partial charge in [0.15, 0.2) is 12.6 Å². The molecule has 0 aromatic heterocycles. The van der Waals surface area contributed by atoms with Crippen molar-refractivity contribution < 1.29 is 14.3 Å². The highest BCUT2D eigenvalue weighted by molar-refractivity contribution is 14.0. The Labute approximate surface area is 172 Å². The van der Waals surface area contributed by atoms with E-state index in [2.05, 4.69) is 20.9 Å². The van der Waals surface area contributed by atoms with Crippen molar-refractivity contribution in [3.63, 3.8) is 0 Å². The molecule has 1 aromatic rings. The van der Waals surface area contributed by atoms with Crippen LogP contribution in [-0.4, -0.2) is 51.3 Å². The summed E-state index contributed by atoms with van der Waals surface area (Å²) in [5.74, 6) is 1.34. The first-order valence-corrected chi connectivity index (χ1v) is 8.74. The molecular weight excluding hydrogens is 447 g/mol. The van der Waals surface area contributed by atoms with Gasteiger partial charge < -0.3 is 25.4 Å². The van der Waals surface area contributed by atoms with E-state index in [1.165, 1.54) is 0 Å². The van der Waals surface area contributed by atoms with E-state index in [-0.39, 0.29) is 36.5 Å². The first kappa shape index (κ1) is 22.5. The van der Waals surface area contributed by atoms with Crippen LogP contribution < -0.4 is 20.7 Å². The molecule has 1 aromatic carbocycles. The topological polar surface area (TPSA) is 84.0 Å². The molecule has 26 heavy (non-hydrogen) atoms. The second-order valence-corrected chi connectivity index (χ2v) is 5.83. The van der Waals surface area contributed by atoms with Crippen LogP contribution in [0.3, 0.4) is 0 Å². The Bertz CT molecular complexity index is 579. The number of benzene rings is 1. The monoisotopic (exact) mass is 476 g/mol. The molecule has 0 heterocycles. The van der Waals surface area contributed by atoms with E-state index in [0.29, 0.717) is 38.1 Å². The fourth-order valence-electron chi connectivity index (χ4n) is 2.18. The molecule has 2 rings (SSSR count). The number of hydrogen-bond donors (Lipinski definition) is 3. The fourth-order valence-corrected chi connectivity index (χ4v) is 2.18. The van der Waals surface area contributed by atoms with Crippen molar-refractivity contribution in [3.05, 3.63) is 29.8 Å². The Hall–Kier alpha value is -1.55. The third-order valence-electron chi connectivity index (χ3n) is 3.64. The van der Waals surface area contributed by atoms with E-state index in [1.54, 1.807) is 7.05 Å². The van der Waals surface area contributed by atoms with Crippen LogP contribution in [0.4, 0.5) is 0 Å². The summed E-state index contributed by atoms with van der Waals surface area (Å²) in [7, 11) is 1.73. The van der Waals surface area contributed by atoms with Crippen molar-refractivity contribution >= 4 is 35.8 Å². The van der Waals surface area contributed by atoms with Crippen LogP contribution in [0.5, 0.6) is 5.75 Å². The van der Waals surface area contributed by atoms with E-state index in [4.69, 9.17) is 9.47 Å². The van der Waals surface area contributed by atoms with E-state index in [1.807, 2.05) is 31.2 Å². The second kappa shape index (κ2) is 12.7. The minimum absolute atomic E-state index is 0. The molecule has 1 amide bonds. The molecule has 1 aliphatic carbocycles. The average molecular weight is 476 g/mol. The number of rotatable bonds is 10. The predicted molar refractivity (Wildman–Crippen MR) is 113 cm³/mol. The highest BCUT2D eigenvalue weighted by Crippen LogP contribution is 2.18. The molecule has 0 aliphatic heterocycles. The normalized spacial score (nSPS) is 13.5. The molecule has 146 valence electrons. The molecule has 1 saturated carbocycles. The lowest BCUT2D eigenvalue weighted by Crippen LogP contribution is -2.38. The zero-order chi connectivity index (χ0) is 17.9. The summed E-state index contributed by atoms with van der Waals surface area (Å²) in [5, 5.41) is 9.32. The van der Waals surface area contributed by atoms with Gasteiger partial charge in [-0.15, -0.1) is 24.0 Å². The lowest BCUT2D eigenvalue weighted by atomic mass is 10.2. The maximum atomic E-state index is 11.7. The number of carbonyl (C=O) groups is 1. The minimum atomic E-state index is -0.0649. The Morgan fingerprint density at radius 3 is 2.81 bits per heavy atom. The number of carbonyl (C=O) groups excluding carboxylic acids is 1. The van der Waals surface area contributed by atoms with Gasteiger partial charge in [-0.2, -0.15) is 0 Å². The molecule has 8 heteroatoms. The molecule has 0 atom stereocenters. The summed E-state index contributed by atoms with van der Waals surface area (Å²) in [6, 6.07) is 8.04. The zero-order valence-electron chi connectivity index (χ0n) is 15.4. The van der Waals surface area contributed by atoms with Crippen molar-refractivity contribution in [2.24, 2.45) is 4.99 Å². The first-order valence-electron chi connectivity index (χ1n) is 8.74. The maximum absolute atomic E-state index is 11.7. The van der Waals surface area contributed by atoms with Crippen LogP contribution >= 0.6 is 24.0 Å². The highest BCUT2D eigenvalue weighted by atomic mass is 127. The lowest BCUT2D eigenvalue weighted by molar-refractivity contribution is -0.123. The van der Waals surface area contributed by atoms with Gasteiger partial charge in [-0.05, 0) is 37.5 Å². The van der Waals surface area contributed by atoms with Gasteiger partial charge in [0.05, 0.1) is 6.61 Å². The summed E-state index contributed by atoms with van der Waals surface area (Å²) in [6.45, 7) is 4.68. The van der Waals surface area contributed by atoms with Crippen LogP contribution in [0.1, 0.15) is 25.3 Å². The summed E-state index contributed by atoms with van der Waals surface area (Å²) < 4.78 is 10.8. The van der Waals surface area contributed by atoms with Gasteiger partial charge in [-0.1, -0.05) is 12.1 Å². The van der Waals surface area contributed by atoms with Crippen molar-refractivity contribution in [3.8, 4) is 5.75 Å². The Morgan fingerprint density at radius 1 is 1.31 bits per heavy atom. The van der Waals surface area contributed by atoms with Crippen LogP contribution in [0, 0.1) is 0 Å². The number of aliphatic imine (C=N–C) groups is 1. The van der Waals surface area contributed by atoms with Gasteiger partial charge in [-0.3, -0.25) is 9.79 Å². The van der Waals surface area contributed by atoms with Gasteiger partial charge >= 0.3 is 0 Å². The predicted octanol–water partition coefficient (Wildman–Crippen LogP) is 1.66. The molecule has 0 saturated heterocycles. The zero-order valence-corrected chi connectivity index (χ0v) is 17.7. The Morgan fingerprint density at radius 2 is 2.12 bits per heavy atom. The van der Waals surface area contributed by atoms with Crippen molar-refractivity contribution in [1.82, 2.24) is 16.0 Å². The lowest BCUT2D eigenvalue weighted by Gasteiger charge is -2.13. The number of nitrogens with one attached hydrogen (secondary N) is 3. The maximum Gasteiger partial charge on any atom is 0.258 e.